The summed E-state index contributed by atoms with van der Waals surface area (Å²) in [5, 5.41) is 6.76. The maximum atomic E-state index is 4.38. The zero-order chi connectivity index (χ0) is 16.8. The molecule has 2 aromatic carbocycles. The topological polar surface area (TPSA) is 46.5 Å². The fourth-order valence-corrected chi connectivity index (χ4v) is 3.39. The number of aromatic amines is 1. The van der Waals surface area contributed by atoms with Gasteiger partial charge in [-0.1, -0.05) is 18.2 Å². The molecule has 0 amide bonds. The van der Waals surface area contributed by atoms with Crippen molar-refractivity contribution >= 4 is 21.8 Å². The third-order valence-electron chi connectivity index (χ3n) is 4.66. The van der Waals surface area contributed by atoms with Crippen molar-refractivity contribution in [1.29, 1.82) is 0 Å². The van der Waals surface area contributed by atoms with Crippen LogP contribution in [0.1, 0.15) is 5.69 Å². The van der Waals surface area contributed by atoms with Gasteiger partial charge in [-0.3, -0.25) is 4.98 Å². The SMILES string of the molecule is Cc1nccc2c1[nH]c1ccc(-c3cccc(-n4cccn4)c3)cc12. The number of nitrogens with zero attached hydrogens (tertiary/aromatic N) is 3. The van der Waals surface area contributed by atoms with Crippen molar-refractivity contribution in [1.82, 2.24) is 19.7 Å². The van der Waals surface area contributed by atoms with E-state index in [0.717, 1.165) is 22.4 Å². The van der Waals surface area contributed by atoms with Crippen LogP contribution < -0.4 is 0 Å². The molecule has 0 aliphatic heterocycles. The molecule has 3 heterocycles. The average molecular weight is 324 g/mol. The number of pyridine rings is 1. The van der Waals surface area contributed by atoms with Crippen molar-refractivity contribution in [3.63, 3.8) is 0 Å². The number of nitrogens with one attached hydrogen (secondary N) is 1. The lowest BCUT2D eigenvalue weighted by atomic mass is 10.0. The first kappa shape index (κ1) is 14.0. The molecule has 0 saturated carbocycles. The fraction of sp³-hybridized carbons (Fsp3) is 0.0476. The first-order valence-electron chi connectivity index (χ1n) is 8.27. The molecule has 0 fully saturated rings. The number of hydrogen-bond acceptors (Lipinski definition) is 2. The first-order valence-corrected chi connectivity index (χ1v) is 8.27. The van der Waals surface area contributed by atoms with E-state index in [9.17, 15) is 0 Å². The van der Waals surface area contributed by atoms with E-state index in [2.05, 4.69) is 63.6 Å². The second-order valence-electron chi connectivity index (χ2n) is 6.21. The molecule has 0 aliphatic rings. The van der Waals surface area contributed by atoms with E-state index in [0.29, 0.717) is 0 Å². The van der Waals surface area contributed by atoms with Gasteiger partial charge in [-0.25, -0.2) is 4.68 Å². The van der Waals surface area contributed by atoms with Gasteiger partial charge in [0.25, 0.3) is 0 Å². The summed E-state index contributed by atoms with van der Waals surface area (Å²) in [5.41, 5.74) is 6.70. The van der Waals surface area contributed by atoms with Crippen molar-refractivity contribution in [2.75, 3.05) is 0 Å². The standard InChI is InChI=1S/C21H16N4/c1-14-21-18(8-10-22-14)19-13-16(6-7-20(19)24-21)15-4-2-5-17(12-15)25-11-3-9-23-25/h2-13,24H,1H3. The van der Waals surface area contributed by atoms with Gasteiger partial charge in [0.1, 0.15) is 0 Å². The molecule has 4 nitrogen and oxygen atoms in total. The van der Waals surface area contributed by atoms with E-state index in [1.165, 1.54) is 21.9 Å². The number of hydrogen-bond donors (Lipinski definition) is 1. The van der Waals surface area contributed by atoms with Gasteiger partial charge in [-0.15, -0.1) is 0 Å². The minimum atomic E-state index is 1.02. The molecule has 0 bridgehead atoms. The molecule has 3 aromatic heterocycles. The van der Waals surface area contributed by atoms with Gasteiger partial charge in [0, 0.05) is 34.9 Å². The average Bonchev–Trinajstić information content (AvgIpc) is 3.30. The number of aryl methyl sites for hydroxylation is 1. The Morgan fingerprint density at radius 1 is 0.880 bits per heavy atom. The molecule has 0 spiro atoms. The molecule has 0 atom stereocenters. The summed E-state index contributed by atoms with van der Waals surface area (Å²) in [6, 6.07) is 19.0. The first-order chi connectivity index (χ1) is 12.3. The Labute approximate surface area is 144 Å². The molecule has 0 saturated heterocycles. The maximum Gasteiger partial charge on any atom is 0.0681 e. The predicted octanol–water partition coefficient (Wildman–Crippen LogP) is 4.88. The van der Waals surface area contributed by atoms with Crippen LogP contribution in [-0.4, -0.2) is 19.7 Å². The van der Waals surface area contributed by atoms with E-state index in [1.807, 2.05) is 30.1 Å². The highest BCUT2D eigenvalue weighted by Gasteiger charge is 2.09. The Bertz CT molecular complexity index is 1200. The molecular formula is C21H16N4. The van der Waals surface area contributed by atoms with Crippen LogP contribution >= 0.6 is 0 Å². The molecule has 0 radical (unpaired) electrons. The highest BCUT2D eigenvalue weighted by molar-refractivity contribution is 6.09. The third-order valence-corrected chi connectivity index (χ3v) is 4.66. The van der Waals surface area contributed by atoms with Gasteiger partial charge >= 0.3 is 0 Å². The molecule has 1 N–H and O–H groups in total. The van der Waals surface area contributed by atoms with Crippen molar-refractivity contribution in [3.8, 4) is 16.8 Å². The maximum absolute atomic E-state index is 4.38. The third kappa shape index (κ3) is 2.22. The summed E-state index contributed by atoms with van der Waals surface area (Å²) < 4.78 is 1.88. The normalized spacial score (nSPS) is 11.4. The zero-order valence-corrected chi connectivity index (χ0v) is 13.8. The molecule has 120 valence electrons. The van der Waals surface area contributed by atoms with Gasteiger partial charge in [-0.05, 0) is 54.4 Å². The molecule has 0 unspecified atom stereocenters. The van der Waals surface area contributed by atoms with Crippen molar-refractivity contribution in [3.05, 3.63) is 78.9 Å². The van der Waals surface area contributed by atoms with Gasteiger partial charge in [-0.2, -0.15) is 5.10 Å². The number of aromatic nitrogens is 4. The van der Waals surface area contributed by atoms with Crippen LogP contribution in [0.3, 0.4) is 0 Å². The van der Waals surface area contributed by atoms with Crippen LogP contribution in [0.25, 0.3) is 38.6 Å². The Morgan fingerprint density at radius 3 is 2.68 bits per heavy atom. The van der Waals surface area contributed by atoms with E-state index in [4.69, 9.17) is 0 Å². The molecule has 0 aliphatic carbocycles. The predicted molar refractivity (Wildman–Crippen MR) is 101 cm³/mol. The Balaban J connectivity index is 1.70. The molecule has 5 rings (SSSR count). The summed E-state index contributed by atoms with van der Waals surface area (Å²) in [6.07, 6.45) is 5.62. The van der Waals surface area contributed by atoms with Crippen LogP contribution in [0.4, 0.5) is 0 Å². The second-order valence-corrected chi connectivity index (χ2v) is 6.21. The lowest BCUT2D eigenvalue weighted by Gasteiger charge is -2.06. The highest BCUT2D eigenvalue weighted by Crippen LogP contribution is 2.31. The second kappa shape index (κ2) is 5.31. The molecule has 4 heteroatoms. The van der Waals surface area contributed by atoms with Crippen molar-refractivity contribution in [2.24, 2.45) is 0 Å². The molecule has 25 heavy (non-hydrogen) atoms. The Morgan fingerprint density at radius 2 is 1.80 bits per heavy atom. The Hall–Kier alpha value is -3.40. The summed E-state index contributed by atoms with van der Waals surface area (Å²) >= 11 is 0. The number of benzene rings is 2. The van der Waals surface area contributed by atoms with Crippen LogP contribution in [0, 0.1) is 6.92 Å². The monoisotopic (exact) mass is 324 g/mol. The van der Waals surface area contributed by atoms with Crippen molar-refractivity contribution in [2.45, 2.75) is 6.92 Å². The van der Waals surface area contributed by atoms with Crippen LogP contribution in [-0.2, 0) is 0 Å². The summed E-state index contributed by atoms with van der Waals surface area (Å²) in [7, 11) is 0. The van der Waals surface area contributed by atoms with E-state index >= 15 is 0 Å². The van der Waals surface area contributed by atoms with E-state index in [1.54, 1.807) is 6.20 Å². The van der Waals surface area contributed by atoms with Gasteiger partial charge in [0.05, 0.1) is 16.9 Å². The quantitative estimate of drug-likeness (QED) is 0.503. The number of rotatable bonds is 2. The molecular weight excluding hydrogens is 308 g/mol. The van der Waals surface area contributed by atoms with E-state index < -0.39 is 0 Å². The Kier molecular flexibility index (Phi) is 2.97. The smallest absolute Gasteiger partial charge is 0.0681 e. The zero-order valence-electron chi connectivity index (χ0n) is 13.8. The van der Waals surface area contributed by atoms with Crippen LogP contribution in [0.5, 0.6) is 0 Å². The lowest BCUT2D eigenvalue weighted by molar-refractivity contribution is 0.881. The van der Waals surface area contributed by atoms with Gasteiger partial charge < -0.3 is 4.98 Å². The van der Waals surface area contributed by atoms with Crippen molar-refractivity contribution < 1.29 is 0 Å². The fourth-order valence-electron chi connectivity index (χ4n) is 3.39. The largest absolute Gasteiger partial charge is 0.353 e. The summed E-state index contributed by atoms with van der Waals surface area (Å²) in [6.45, 7) is 2.03. The minimum absolute atomic E-state index is 1.02. The van der Waals surface area contributed by atoms with Gasteiger partial charge in [0.2, 0.25) is 0 Å². The van der Waals surface area contributed by atoms with Crippen LogP contribution in [0.15, 0.2) is 73.2 Å². The lowest BCUT2D eigenvalue weighted by Crippen LogP contribution is -1.93. The van der Waals surface area contributed by atoms with Crippen LogP contribution in [0.2, 0.25) is 0 Å². The minimum Gasteiger partial charge on any atom is -0.353 e. The molecule has 5 aromatic rings. The summed E-state index contributed by atoms with van der Waals surface area (Å²) in [4.78, 5) is 7.86. The van der Waals surface area contributed by atoms with Gasteiger partial charge in [0.15, 0.2) is 0 Å². The number of fused-ring (bicyclic) bond motifs is 3. The van der Waals surface area contributed by atoms with E-state index in [-0.39, 0.29) is 0 Å². The number of H-pyrrole nitrogens is 1. The highest BCUT2D eigenvalue weighted by atomic mass is 15.3. The summed E-state index contributed by atoms with van der Waals surface area (Å²) in [5.74, 6) is 0.